The highest BCUT2D eigenvalue weighted by Crippen LogP contribution is 2.18. The predicted molar refractivity (Wildman–Crippen MR) is 72.1 cm³/mol. The quantitative estimate of drug-likeness (QED) is 0.880. The predicted octanol–water partition coefficient (Wildman–Crippen LogP) is 1.45. The number of anilines is 1. The zero-order chi connectivity index (χ0) is 13.2. The van der Waals surface area contributed by atoms with Gasteiger partial charge in [0.1, 0.15) is 0 Å². The number of rotatable bonds is 3. The van der Waals surface area contributed by atoms with Crippen LogP contribution in [0.4, 0.5) is 5.95 Å². The normalized spacial score (nSPS) is 19.1. The van der Waals surface area contributed by atoms with E-state index in [1.165, 1.54) is 0 Å². The molecule has 1 aliphatic rings. The molecule has 1 aromatic heterocycles. The van der Waals surface area contributed by atoms with E-state index in [1.54, 1.807) is 12.3 Å². The van der Waals surface area contributed by atoms with Gasteiger partial charge in [0.15, 0.2) is 0 Å². The molecule has 2 heterocycles. The smallest absolute Gasteiger partial charge is 0.228 e. The zero-order valence-electron chi connectivity index (χ0n) is 11.6. The lowest BCUT2D eigenvalue weighted by molar-refractivity contribution is 0.232. The lowest BCUT2D eigenvalue weighted by Crippen LogP contribution is -2.57. The third-order valence-corrected chi connectivity index (χ3v) is 2.83. The van der Waals surface area contributed by atoms with Gasteiger partial charge in [-0.2, -0.15) is 4.98 Å². The van der Waals surface area contributed by atoms with Crippen LogP contribution in [0.15, 0.2) is 12.3 Å². The lowest BCUT2D eigenvalue weighted by atomic mass is 10.0. The fourth-order valence-corrected chi connectivity index (χ4v) is 2.10. The number of hydrogen-bond acceptors (Lipinski definition) is 5. The second-order valence-electron chi connectivity index (χ2n) is 5.59. The Balaban J connectivity index is 2.12. The molecule has 0 aromatic carbocycles. The van der Waals surface area contributed by atoms with Gasteiger partial charge in [0, 0.05) is 37.4 Å². The van der Waals surface area contributed by atoms with Crippen molar-refractivity contribution in [2.45, 2.75) is 39.3 Å². The minimum Gasteiger partial charge on any atom is -0.475 e. The van der Waals surface area contributed by atoms with Gasteiger partial charge in [-0.1, -0.05) is 0 Å². The number of aromatic nitrogens is 2. The van der Waals surface area contributed by atoms with E-state index in [0.717, 1.165) is 25.6 Å². The van der Waals surface area contributed by atoms with E-state index in [9.17, 15) is 0 Å². The summed E-state index contributed by atoms with van der Waals surface area (Å²) in [6, 6.07) is 1.80. The maximum Gasteiger partial charge on any atom is 0.228 e. The van der Waals surface area contributed by atoms with Crippen LogP contribution in [0.2, 0.25) is 0 Å². The average Bonchev–Trinajstić information content (AvgIpc) is 2.27. The Morgan fingerprint density at radius 1 is 1.44 bits per heavy atom. The molecule has 5 heteroatoms. The van der Waals surface area contributed by atoms with E-state index in [2.05, 4.69) is 34.0 Å². The van der Waals surface area contributed by atoms with E-state index in [0.29, 0.717) is 5.88 Å². The molecule has 1 aliphatic heterocycles. The van der Waals surface area contributed by atoms with E-state index < -0.39 is 0 Å². The SMILES string of the molecule is CC(C)Oc1ccnc(N2CCNC(C)(C)C2)n1. The summed E-state index contributed by atoms with van der Waals surface area (Å²) in [4.78, 5) is 11.0. The van der Waals surface area contributed by atoms with Crippen molar-refractivity contribution in [1.29, 1.82) is 0 Å². The van der Waals surface area contributed by atoms with Crippen LogP contribution in [0.1, 0.15) is 27.7 Å². The maximum absolute atomic E-state index is 5.60. The molecule has 0 atom stereocenters. The first-order valence-electron chi connectivity index (χ1n) is 6.46. The fraction of sp³-hybridized carbons (Fsp3) is 0.692. The Kier molecular flexibility index (Phi) is 3.71. The van der Waals surface area contributed by atoms with E-state index >= 15 is 0 Å². The number of ether oxygens (including phenoxy) is 1. The van der Waals surface area contributed by atoms with Crippen molar-refractivity contribution in [2.75, 3.05) is 24.5 Å². The van der Waals surface area contributed by atoms with Crippen molar-refractivity contribution in [3.8, 4) is 5.88 Å². The number of piperazine rings is 1. The largest absolute Gasteiger partial charge is 0.475 e. The highest BCUT2D eigenvalue weighted by molar-refractivity contribution is 5.34. The molecule has 0 bridgehead atoms. The number of nitrogens with one attached hydrogen (secondary N) is 1. The molecule has 0 aliphatic carbocycles. The van der Waals surface area contributed by atoms with E-state index in [1.807, 2.05) is 13.8 Å². The second kappa shape index (κ2) is 5.10. The van der Waals surface area contributed by atoms with Crippen molar-refractivity contribution < 1.29 is 4.74 Å². The summed E-state index contributed by atoms with van der Waals surface area (Å²) in [6.07, 6.45) is 1.89. The molecule has 0 spiro atoms. The van der Waals surface area contributed by atoms with Gasteiger partial charge in [0.2, 0.25) is 11.8 Å². The summed E-state index contributed by atoms with van der Waals surface area (Å²) in [5, 5.41) is 3.48. The van der Waals surface area contributed by atoms with Crippen LogP contribution >= 0.6 is 0 Å². The Hall–Kier alpha value is -1.36. The summed E-state index contributed by atoms with van der Waals surface area (Å²) >= 11 is 0. The minimum absolute atomic E-state index is 0.0938. The molecular weight excluding hydrogens is 228 g/mol. The molecule has 1 N–H and O–H groups in total. The van der Waals surface area contributed by atoms with Gasteiger partial charge in [-0.05, 0) is 27.7 Å². The fourth-order valence-electron chi connectivity index (χ4n) is 2.10. The molecule has 1 saturated heterocycles. The van der Waals surface area contributed by atoms with Crippen LogP contribution < -0.4 is 15.0 Å². The molecule has 18 heavy (non-hydrogen) atoms. The Morgan fingerprint density at radius 3 is 2.89 bits per heavy atom. The average molecular weight is 250 g/mol. The Labute approximate surface area is 109 Å². The molecule has 0 unspecified atom stereocenters. The summed E-state index contributed by atoms with van der Waals surface area (Å²) in [5.74, 6) is 1.40. The first-order chi connectivity index (χ1) is 8.46. The van der Waals surface area contributed by atoms with Crippen molar-refractivity contribution in [2.24, 2.45) is 0 Å². The van der Waals surface area contributed by atoms with Crippen LogP contribution in [0.5, 0.6) is 5.88 Å². The highest BCUT2D eigenvalue weighted by Gasteiger charge is 2.27. The number of nitrogens with zero attached hydrogens (tertiary/aromatic N) is 3. The van der Waals surface area contributed by atoms with Gasteiger partial charge in [-0.3, -0.25) is 0 Å². The molecular formula is C13H22N4O. The monoisotopic (exact) mass is 250 g/mol. The first-order valence-corrected chi connectivity index (χ1v) is 6.46. The second-order valence-corrected chi connectivity index (χ2v) is 5.59. The van der Waals surface area contributed by atoms with Gasteiger partial charge in [-0.15, -0.1) is 0 Å². The van der Waals surface area contributed by atoms with Crippen molar-refractivity contribution in [3.63, 3.8) is 0 Å². The molecule has 1 aromatic rings. The van der Waals surface area contributed by atoms with Crippen LogP contribution in [-0.4, -0.2) is 41.2 Å². The number of hydrogen-bond donors (Lipinski definition) is 1. The van der Waals surface area contributed by atoms with Gasteiger partial charge in [0.25, 0.3) is 0 Å². The van der Waals surface area contributed by atoms with Crippen molar-refractivity contribution in [1.82, 2.24) is 15.3 Å². The summed E-state index contributed by atoms with van der Waals surface area (Å²) in [5.41, 5.74) is 0.0938. The molecule has 0 saturated carbocycles. The third-order valence-electron chi connectivity index (χ3n) is 2.83. The first kappa shape index (κ1) is 13.1. The van der Waals surface area contributed by atoms with Crippen molar-refractivity contribution in [3.05, 3.63) is 12.3 Å². The summed E-state index contributed by atoms with van der Waals surface area (Å²) < 4.78 is 5.60. The third kappa shape index (κ3) is 3.32. The van der Waals surface area contributed by atoms with Gasteiger partial charge in [-0.25, -0.2) is 4.98 Å². The highest BCUT2D eigenvalue weighted by atomic mass is 16.5. The minimum atomic E-state index is 0.0938. The zero-order valence-corrected chi connectivity index (χ0v) is 11.6. The van der Waals surface area contributed by atoms with Crippen LogP contribution in [-0.2, 0) is 0 Å². The molecule has 0 radical (unpaired) electrons. The Morgan fingerprint density at radius 2 is 2.22 bits per heavy atom. The van der Waals surface area contributed by atoms with E-state index in [4.69, 9.17) is 4.74 Å². The molecule has 0 amide bonds. The standard InChI is InChI=1S/C13H22N4O/c1-10(2)18-11-5-6-14-12(16-11)17-8-7-15-13(3,4)9-17/h5-6,10,15H,7-9H2,1-4H3. The molecule has 100 valence electrons. The van der Waals surface area contributed by atoms with Gasteiger partial charge < -0.3 is 15.0 Å². The maximum atomic E-state index is 5.60. The van der Waals surface area contributed by atoms with Crippen LogP contribution in [0.25, 0.3) is 0 Å². The van der Waals surface area contributed by atoms with Gasteiger partial charge in [0.05, 0.1) is 6.10 Å². The molecule has 5 nitrogen and oxygen atoms in total. The Bertz CT molecular complexity index is 406. The summed E-state index contributed by atoms with van der Waals surface area (Å²) in [7, 11) is 0. The van der Waals surface area contributed by atoms with Crippen molar-refractivity contribution >= 4 is 5.95 Å². The molecule has 2 rings (SSSR count). The van der Waals surface area contributed by atoms with Crippen LogP contribution in [0, 0.1) is 0 Å². The lowest BCUT2D eigenvalue weighted by Gasteiger charge is -2.39. The topological polar surface area (TPSA) is 50.3 Å². The summed E-state index contributed by atoms with van der Waals surface area (Å²) in [6.45, 7) is 11.1. The molecule has 1 fully saturated rings. The van der Waals surface area contributed by atoms with E-state index in [-0.39, 0.29) is 11.6 Å². The van der Waals surface area contributed by atoms with Gasteiger partial charge >= 0.3 is 0 Å². The van der Waals surface area contributed by atoms with Crippen LogP contribution in [0.3, 0.4) is 0 Å².